The summed E-state index contributed by atoms with van der Waals surface area (Å²) in [5, 5.41) is 1.17. The topological polar surface area (TPSA) is 34.8 Å². The number of imidazole rings is 1. The predicted octanol–water partition coefficient (Wildman–Crippen LogP) is 2.64. The number of aromatic nitrogens is 3. The van der Waals surface area contributed by atoms with Crippen LogP contribution < -0.4 is 4.57 Å². The molecule has 0 unspecified atom stereocenters. The maximum atomic E-state index is 6.02. The van der Waals surface area contributed by atoms with Gasteiger partial charge in [-0.3, -0.25) is 4.98 Å². The number of benzene rings is 1. The lowest BCUT2D eigenvalue weighted by atomic mass is 10.2. The van der Waals surface area contributed by atoms with Crippen molar-refractivity contribution in [3.63, 3.8) is 0 Å². The summed E-state index contributed by atoms with van der Waals surface area (Å²) >= 11 is 0. The summed E-state index contributed by atoms with van der Waals surface area (Å²) in [6, 6.07) is 10.3. The summed E-state index contributed by atoms with van der Waals surface area (Å²) in [4.78, 5) is 4.23. The van der Waals surface area contributed by atoms with E-state index in [0.717, 1.165) is 17.8 Å². The van der Waals surface area contributed by atoms with Crippen LogP contribution in [0.25, 0.3) is 33.6 Å². The van der Waals surface area contributed by atoms with Crippen LogP contribution >= 0.6 is 0 Å². The van der Waals surface area contributed by atoms with E-state index < -0.39 is 0 Å². The van der Waals surface area contributed by atoms with E-state index >= 15 is 0 Å². The second-order valence-corrected chi connectivity index (χ2v) is 5.25. The number of rotatable bonds is 0. The number of pyridine rings is 1. The van der Waals surface area contributed by atoms with Crippen LogP contribution in [0, 0.1) is 0 Å². The minimum Gasteiger partial charge on any atom is -0.419 e. The van der Waals surface area contributed by atoms with Crippen molar-refractivity contribution in [1.29, 1.82) is 0 Å². The molecule has 4 heterocycles. The first-order valence-corrected chi connectivity index (χ1v) is 6.67. The molecule has 96 valence electrons. The number of fused-ring (bicyclic) bond motifs is 7. The van der Waals surface area contributed by atoms with E-state index in [9.17, 15) is 0 Å². The molecule has 4 nitrogen and oxygen atoms in total. The van der Waals surface area contributed by atoms with Crippen molar-refractivity contribution < 1.29 is 8.98 Å². The maximum Gasteiger partial charge on any atom is 0.339 e. The minimum atomic E-state index is 0.860. The zero-order valence-electron chi connectivity index (χ0n) is 11.0. The monoisotopic (exact) mass is 262 g/mol. The standard InChI is InChI=1S/C16H12N3O/c1-18-15-11-6-7-17-8-10(11)9-19(15)14-12-4-2-3-5-13(12)20-16(14)18/h2-8H,9H2,1H3/q+1. The van der Waals surface area contributed by atoms with Gasteiger partial charge in [0.15, 0.2) is 0 Å². The Morgan fingerprint density at radius 1 is 1.25 bits per heavy atom. The van der Waals surface area contributed by atoms with Gasteiger partial charge in [-0.05, 0) is 18.2 Å². The molecule has 0 saturated carbocycles. The lowest BCUT2D eigenvalue weighted by Crippen LogP contribution is -2.29. The number of hydrogen-bond acceptors (Lipinski definition) is 2. The van der Waals surface area contributed by atoms with Crippen molar-refractivity contribution in [3.05, 3.63) is 48.3 Å². The normalized spacial score (nSPS) is 13.1. The lowest BCUT2D eigenvalue weighted by molar-refractivity contribution is -0.640. The molecule has 1 aliphatic heterocycles. The second-order valence-electron chi connectivity index (χ2n) is 5.25. The summed E-state index contributed by atoms with van der Waals surface area (Å²) in [6.07, 6.45) is 3.80. The Kier molecular flexibility index (Phi) is 1.67. The fraction of sp³-hybridized carbons (Fsp3) is 0.125. The smallest absolute Gasteiger partial charge is 0.339 e. The number of aryl methyl sites for hydroxylation is 1. The van der Waals surface area contributed by atoms with E-state index in [1.54, 1.807) is 0 Å². The molecular formula is C16H12N3O+. The van der Waals surface area contributed by atoms with Crippen LogP contribution in [0.15, 0.2) is 47.1 Å². The van der Waals surface area contributed by atoms with Gasteiger partial charge in [0.2, 0.25) is 5.52 Å². The van der Waals surface area contributed by atoms with Gasteiger partial charge in [-0.15, -0.1) is 0 Å². The van der Waals surface area contributed by atoms with Gasteiger partial charge < -0.3 is 4.42 Å². The van der Waals surface area contributed by atoms with Crippen molar-refractivity contribution in [2.45, 2.75) is 6.54 Å². The average molecular weight is 262 g/mol. The minimum absolute atomic E-state index is 0.860. The third-order valence-electron chi connectivity index (χ3n) is 4.17. The molecule has 0 fully saturated rings. The fourth-order valence-corrected chi connectivity index (χ4v) is 3.31. The second kappa shape index (κ2) is 3.28. The molecule has 4 heteroatoms. The summed E-state index contributed by atoms with van der Waals surface area (Å²) < 4.78 is 10.5. The van der Waals surface area contributed by atoms with Crippen LogP contribution in [0.1, 0.15) is 5.56 Å². The van der Waals surface area contributed by atoms with Crippen molar-refractivity contribution in [2.75, 3.05) is 0 Å². The fourth-order valence-electron chi connectivity index (χ4n) is 3.31. The average Bonchev–Trinajstić information content (AvgIpc) is 3.10. The predicted molar refractivity (Wildman–Crippen MR) is 75.2 cm³/mol. The molecule has 0 radical (unpaired) electrons. The van der Waals surface area contributed by atoms with Crippen LogP contribution in [0.3, 0.4) is 0 Å². The van der Waals surface area contributed by atoms with E-state index in [1.165, 1.54) is 27.9 Å². The van der Waals surface area contributed by atoms with Gasteiger partial charge in [-0.1, -0.05) is 12.1 Å². The molecule has 0 saturated heterocycles. The highest BCUT2D eigenvalue weighted by Gasteiger charge is 2.35. The molecule has 0 N–H and O–H groups in total. The Labute approximate surface area is 114 Å². The molecule has 3 aromatic heterocycles. The van der Waals surface area contributed by atoms with Gasteiger partial charge in [0.05, 0.1) is 18.0 Å². The Hall–Kier alpha value is -2.62. The van der Waals surface area contributed by atoms with Crippen LogP contribution in [-0.4, -0.2) is 9.55 Å². The van der Waals surface area contributed by atoms with Gasteiger partial charge in [0.1, 0.15) is 12.1 Å². The van der Waals surface area contributed by atoms with Gasteiger partial charge in [-0.2, -0.15) is 4.57 Å². The van der Waals surface area contributed by atoms with Crippen molar-refractivity contribution in [1.82, 2.24) is 9.55 Å². The molecule has 0 amide bonds. The van der Waals surface area contributed by atoms with Crippen LogP contribution in [0.4, 0.5) is 0 Å². The summed E-state index contributed by atoms with van der Waals surface area (Å²) in [5.41, 5.74) is 5.57. The first kappa shape index (κ1) is 10.2. The van der Waals surface area contributed by atoms with Gasteiger partial charge in [-0.25, -0.2) is 4.57 Å². The third kappa shape index (κ3) is 1.04. The number of nitrogens with zero attached hydrogens (tertiary/aromatic N) is 3. The number of para-hydroxylation sites is 1. The van der Waals surface area contributed by atoms with Crippen molar-refractivity contribution in [3.8, 4) is 11.4 Å². The Balaban J connectivity index is 1.99. The Morgan fingerprint density at radius 2 is 2.15 bits per heavy atom. The highest BCUT2D eigenvalue weighted by molar-refractivity contribution is 6.01. The molecule has 20 heavy (non-hydrogen) atoms. The van der Waals surface area contributed by atoms with E-state index in [2.05, 4.69) is 39.4 Å². The summed E-state index contributed by atoms with van der Waals surface area (Å²) in [5.74, 6) is 1.20. The van der Waals surface area contributed by atoms with Crippen LogP contribution in [-0.2, 0) is 13.6 Å². The van der Waals surface area contributed by atoms with E-state index in [-0.39, 0.29) is 0 Å². The maximum absolute atomic E-state index is 6.02. The third-order valence-corrected chi connectivity index (χ3v) is 4.17. The molecule has 5 rings (SSSR count). The Morgan fingerprint density at radius 3 is 3.10 bits per heavy atom. The molecule has 1 aliphatic rings. The zero-order chi connectivity index (χ0) is 13.3. The van der Waals surface area contributed by atoms with Crippen molar-refractivity contribution >= 4 is 22.2 Å². The molecule has 0 spiro atoms. The SMILES string of the molecule is C[n+]1c2n(c3c4ccccc4oc31)Cc1cnccc1-2. The van der Waals surface area contributed by atoms with Crippen LogP contribution in [0.2, 0.25) is 0 Å². The van der Waals surface area contributed by atoms with E-state index in [4.69, 9.17) is 4.42 Å². The van der Waals surface area contributed by atoms with Gasteiger partial charge in [0, 0.05) is 18.0 Å². The highest BCUT2D eigenvalue weighted by atomic mass is 16.3. The first-order valence-electron chi connectivity index (χ1n) is 6.67. The molecule has 0 bridgehead atoms. The molecule has 0 aliphatic carbocycles. The molecule has 1 aromatic carbocycles. The summed E-state index contributed by atoms with van der Waals surface area (Å²) in [7, 11) is 2.06. The number of hydrogen-bond donors (Lipinski definition) is 0. The largest absolute Gasteiger partial charge is 0.419 e. The lowest BCUT2D eigenvalue weighted by Gasteiger charge is -1.93. The molecule has 0 atom stereocenters. The van der Waals surface area contributed by atoms with E-state index in [0.29, 0.717) is 0 Å². The first-order chi connectivity index (χ1) is 9.84. The molecule has 4 aromatic rings. The van der Waals surface area contributed by atoms with Gasteiger partial charge >= 0.3 is 5.71 Å². The van der Waals surface area contributed by atoms with Gasteiger partial charge in [0.25, 0.3) is 5.82 Å². The summed E-state index contributed by atoms with van der Waals surface area (Å²) in [6.45, 7) is 0.860. The van der Waals surface area contributed by atoms with Crippen molar-refractivity contribution in [2.24, 2.45) is 7.05 Å². The van der Waals surface area contributed by atoms with E-state index in [1.807, 2.05) is 24.5 Å². The molecular weight excluding hydrogens is 250 g/mol. The zero-order valence-corrected chi connectivity index (χ0v) is 11.0. The highest BCUT2D eigenvalue weighted by Crippen LogP contribution is 2.36. The quantitative estimate of drug-likeness (QED) is 0.402. The number of furan rings is 1. The Bertz CT molecular complexity index is 994. The van der Waals surface area contributed by atoms with Crippen LogP contribution in [0.5, 0.6) is 0 Å².